The molecule has 0 aromatic carbocycles. The lowest BCUT2D eigenvalue weighted by atomic mass is 10.0. The molecule has 0 radical (unpaired) electrons. The summed E-state index contributed by atoms with van der Waals surface area (Å²) in [5, 5.41) is 22.5. The Kier molecular flexibility index (Phi) is 4.71. The van der Waals surface area contributed by atoms with E-state index in [1.807, 2.05) is 6.07 Å². The number of nitrogens with zero attached hydrogens (tertiary/aromatic N) is 4. The topological polar surface area (TPSA) is 113 Å². The molecule has 3 aromatic rings. The zero-order valence-electron chi connectivity index (χ0n) is 14.9. The highest BCUT2D eigenvalue weighted by Crippen LogP contribution is 2.26. The van der Waals surface area contributed by atoms with Crippen molar-refractivity contribution in [2.75, 3.05) is 18.5 Å². The summed E-state index contributed by atoms with van der Waals surface area (Å²) in [4.78, 5) is 25.6. The molecule has 0 saturated carbocycles. The van der Waals surface area contributed by atoms with E-state index < -0.39 is 5.60 Å². The minimum absolute atomic E-state index is 0.0875. The maximum absolute atomic E-state index is 12.5. The summed E-state index contributed by atoms with van der Waals surface area (Å²) in [6.45, 7) is 3.51. The van der Waals surface area contributed by atoms with Gasteiger partial charge in [0.15, 0.2) is 0 Å². The molecule has 0 fully saturated rings. The minimum Gasteiger partial charge on any atom is -0.395 e. The van der Waals surface area contributed by atoms with Gasteiger partial charge in [0.05, 0.1) is 29.8 Å². The normalized spacial score (nSPS) is 11.7. The predicted molar refractivity (Wildman–Crippen MR) is 98.8 cm³/mol. The minimum atomic E-state index is -1.03. The van der Waals surface area contributed by atoms with Crippen molar-refractivity contribution in [3.8, 4) is 11.3 Å². The number of nitrogens with one attached hydrogen (secondary N) is 1. The van der Waals surface area contributed by atoms with Crippen LogP contribution in [0.2, 0.25) is 0 Å². The summed E-state index contributed by atoms with van der Waals surface area (Å²) < 4.78 is 1.38. The number of pyridine rings is 2. The van der Waals surface area contributed by atoms with E-state index in [1.165, 1.54) is 10.9 Å². The van der Waals surface area contributed by atoms with Crippen LogP contribution >= 0.6 is 0 Å². The van der Waals surface area contributed by atoms with Gasteiger partial charge in [-0.25, -0.2) is 9.97 Å². The lowest BCUT2D eigenvalue weighted by Gasteiger charge is -2.16. The number of fused-ring (bicyclic) bond motifs is 1. The lowest BCUT2D eigenvalue weighted by molar-refractivity contribution is 0.0739. The molecule has 0 aliphatic rings. The summed E-state index contributed by atoms with van der Waals surface area (Å²) in [5.41, 5.74) is 1.13. The van der Waals surface area contributed by atoms with Crippen molar-refractivity contribution in [1.82, 2.24) is 19.5 Å². The van der Waals surface area contributed by atoms with Gasteiger partial charge in [0.2, 0.25) is 0 Å². The van der Waals surface area contributed by atoms with Crippen LogP contribution in [0.5, 0.6) is 0 Å². The van der Waals surface area contributed by atoms with E-state index in [0.29, 0.717) is 28.1 Å². The van der Waals surface area contributed by atoms with Crippen molar-refractivity contribution >= 4 is 16.7 Å². The molecular weight excluding hydrogens is 334 g/mol. The summed E-state index contributed by atoms with van der Waals surface area (Å²) in [6.07, 6.45) is 3.08. The van der Waals surface area contributed by atoms with Gasteiger partial charge in [0, 0.05) is 25.4 Å². The molecule has 8 heteroatoms. The predicted octanol–water partition coefficient (Wildman–Crippen LogP) is 1.02. The van der Waals surface area contributed by atoms with Crippen LogP contribution in [0.1, 0.15) is 19.5 Å². The average molecular weight is 355 g/mol. The molecule has 0 aliphatic carbocycles. The first-order chi connectivity index (χ1) is 12.3. The van der Waals surface area contributed by atoms with Crippen LogP contribution in [-0.4, -0.2) is 42.9 Å². The number of aromatic nitrogens is 4. The summed E-state index contributed by atoms with van der Waals surface area (Å²) in [7, 11) is 1.62. The Morgan fingerprint density at radius 1 is 1.27 bits per heavy atom. The summed E-state index contributed by atoms with van der Waals surface area (Å²) in [5.74, 6) is 0.367. The Bertz CT molecular complexity index is 991. The third kappa shape index (κ3) is 3.42. The van der Waals surface area contributed by atoms with Crippen molar-refractivity contribution in [3.63, 3.8) is 0 Å². The Balaban J connectivity index is 2.15. The first kappa shape index (κ1) is 18.0. The monoisotopic (exact) mass is 355 g/mol. The fraction of sp³-hybridized carbons (Fsp3) is 0.333. The quantitative estimate of drug-likeness (QED) is 0.626. The van der Waals surface area contributed by atoms with Gasteiger partial charge in [0.1, 0.15) is 16.8 Å². The van der Waals surface area contributed by atoms with Crippen LogP contribution in [0, 0.1) is 0 Å². The molecule has 0 atom stereocenters. The van der Waals surface area contributed by atoms with E-state index in [2.05, 4.69) is 20.3 Å². The molecule has 3 aromatic heterocycles. The van der Waals surface area contributed by atoms with Gasteiger partial charge in [-0.15, -0.1) is 0 Å². The number of anilines is 1. The van der Waals surface area contributed by atoms with E-state index in [1.54, 1.807) is 39.2 Å². The largest absolute Gasteiger partial charge is 0.395 e. The third-order valence-corrected chi connectivity index (χ3v) is 3.99. The molecule has 3 N–H and O–H groups in total. The fourth-order valence-electron chi connectivity index (χ4n) is 2.58. The zero-order valence-corrected chi connectivity index (χ0v) is 14.9. The van der Waals surface area contributed by atoms with Crippen LogP contribution in [0.3, 0.4) is 0 Å². The van der Waals surface area contributed by atoms with E-state index in [0.717, 1.165) is 5.56 Å². The molecule has 0 bridgehead atoms. The highest BCUT2D eigenvalue weighted by molar-refractivity contribution is 5.91. The average Bonchev–Trinajstić information content (AvgIpc) is 2.62. The van der Waals surface area contributed by atoms with Gasteiger partial charge >= 0.3 is 0 Å². The standard InChI is InChI=1S/C18H21N5O3/c1-18(2,26)14-5-4-11(9-20-14)12-8-13-15(16(22-12)19-6-7-24)17(25)23(3)10-21-13/h4-5,8-10,24,26H,6-7H2,1-3H3,(H,19,22). The number of hydrogen-bond acceptors (Lipinski definition) is 7. The molecule has 0 unspecified atom stereocenters. The van der Waals surface area contributed by atoms with Crippen molar-refractivity contribution in [2.45, 2.75) is 19.4 Å². The number of aryl methyl sites for hydroxylation is 1. The van der Waals surface area contributed by atoms with Gasteiger partial charge in [-0.3, -0.25) is 9.78 Å². The van der Waals surface area contributed by atoms with Crippen molar-refractivity contribution in [3.05, 3.63) is 46.8 Å². The van der Waals surface area contributed by atoms with E-state index >= 15 is 0 Å². The Hall–Kier alpha value is -2.84. The molecule has 3 heterocycles. The smallest absolute Gasteiger partial charge is 0.264 e. The van der Waals surface area contributed by atoms with Gasteiger partial charge < -0.3 is 20.1 Å². The van der Waals surface area contributed by atoms with E-state index in [9.17, 15) is 9.90 Å². The molecule has 26 heavy (non-hydrogen) atoms. The molecule has 0 saturated heterocycles. The second-order valence-corrected chi connectivity index (χ2v) is 6.55. The summed E-state index contributed by atoms with van der Waals surface area (Å²) >= 11 is 0. The third-order valence-electron chi connectivity index (χ3n) is 3.99. The number of aliphatic hydroxyl groups excluding tert-OH is 1. The second kappa shape index (κ2) is 6.81. The Morgan fingerprint density at radius 2 is 2.04 bits per heavy atom. The van der Waals surface area contributed by atoms with Gasteiger partial charge in [-0.1, -0.05) is 0 Å². The van der Waals surface area contributed by atoms with E-state index in [4.69, 9.17) is 5.11 Å². The maximum Gasteiger partial charge on any atom is 0.264 e. The van der Waals surface area contributed by atoms with Crippen LogP contribution in [0.25, 0.3) is 22.2 Å². The van der Waals surface area contributed by atoms with E-state index in [-0.39, 0.29) is 18.7 Å². The number of rotatable bonds is 5. The molecule has 136 valence electrons. The van der Waals surface area contributed by atoms with Crippen LogP contribution in [0.15, 0.2) is 35.5 Å². The van der Waals surface area contributed by atoms with Crippen LogP contribution in [-0.2, 0) is 12.6 Å². The molecule has 8 nitrogen and oxygen atoms in total. The first-order valence-electron chi connectivity index (χ1n) is 8.21. The Morgan fingerprint density at radius 3 is 2.65 bits per heavy atom. The molecule has 0 aliphatic heterocycles. The molecule has 0 amide bonds. The molecule has 0 spiro atoms. The Labute approximate surface area is 150 Å². The highest BCUT2D eigenvalue weighted by atomic mass is 16.3. The van der Waals surface area contributed by atoms with Crippen molar-refractivity contribution in [2.24, 2.45) is 7.05 Å². The van der Waals surface area contributed by atoms with Crippen molar-refractivity contribution < 1.29 is 10.2 Å². The fourth-order valence-corrected chi connectivity index (χ4v) is 2.58. The van der Waals surface area contributed by atoms with Gasteiger partial charge in [-0.2, -0.15) is 0 Å². The van der Waals surface area contributed by atoms with Gasteiger partial charge in [0.25, 0.3) is 5.56 Å². The lowest BCUT2D eigenvalue weighted by Crippen LogP contribution is -2.20. The van der Waals surface area contributed by atoms with Crippen LogP contribution < -0.4 is 10.9 Å². The number of aliphatic hydroxyl groups is 2. The second-order valence-electron chi connectivity index (χ2n) is 6.55. The van der Waals surface area contributed by atoms with Crippen molar-refractivity contribution in [1.29, 1.82) is 0 Å². The van der Waals surface area contributed by atoms with Crippen LogP contribution in [0.4, 0.5) is 5.82 Å². The molecule has 3 rings (SSSR count). The van der Waals surface area contributed by atoms with Gasteiger partial charge in [-0.05, 0) is 32.0 Å². The maximum atomic E-state index is 12.5. The molecular formula is C18H21N5O3. The zero-order chi connectivity index (χ0) is 18.9. The number of hydrogen-bond donors (Lipinski definition) is 3. The summed E-state index contributed by atoms with van der Waals surface area (Å²) in [6, 6.07) is 5.27. The first-order valence-corrected chi connectivity index (χ1v) is 8.21. The SMILES string of the molecule is Cn1cnc2cc(-c3ccc(C(C)(C)O)nc3)nc(NCCO)c2c1=O. The highest BCUT2D eigenvalue weighted by Gasteiger charge is 2.18.